The van der Waals surface area contributed by atoms with Crippen molar-refractivity contribution in [3.8, 4) is 0 Å². The van der Waals surface area contributed by atoms with E-state index in [0.717, 1.165) is 17.0 Å². The number of hydrogen-bond acceptors (Lipinski definition) is 4. The monoisotopic (exact) mass is 415 g/mol. The number of anilines is 1. The van der Waals surface area contributed by atoms with E-state index in [1.54, 1.807) is 18.2 Å². The summed E-state index contributed by atoms with van der Waals surface area (Å²) in [5.74, 6) is -1.08. The Hall–Kier alpha value is -2.35. The molecule has 136 valence electrons. The topological polar surface area (TPSA) is 92.6 Å². The molecule has 2 aromatic carbocycles. The molecule has 0 heterocycles. The lowest BCUT2D eigenvalue weighted by Crippen LogP contribution is -2.35. The third kappa shape index (κ3) is 4.63. The number of hydrogen-bond donors (Lipinski definition) is 1. The minimum atomic E-state index is -0.620. The predicted octanol–water partition coefficient (Wildman–Crippen LogP) is 4.27. The number of non-ortho nitro benzene ring substituents is 1. The first kappa shape index (κ1) is 20.0. The molecule has 10 heteroatoms. The second-order valence-corrected chi connectivity index (χ2v) is 6.45. The number of para-hydroxylation sites is 1. The van der Waals surface area contributed by atoms with Crippen molar-refractivity contribution < 1.29 is 14.5 Å². The number of carbonyl (C=O) groups is 2. The van der Waals surface area contributed by atoms with Gasteiger partial charge in [0.25, 0.3) is 11.6 Å². The molecule has 0 spiro atoms. The SMILES string of the molecule is CN(CC(=O)Nc1c(Cl)cccc1Cl)C(=O)c1ccc([N+](=O)[O-])cc1Cl. The van der Waals surface area contributed by atoms with Crippen molar-refractivity contribution in [3.63, 3.8) is 0 Å². The van der Waals surface area contributed by atoms with Gasteiger partial charge in [-0.25, -0.2) is 0 Å². The van der Waals surface area contributed by atoms with Gasteiger partial charge in [-0.2, -0.15) is 0 Å². The number of nitrogens with one attached hydrogen (secondary N) is 1. The van der Waals surface area contributed by atoms with Crippen LogP contribution < -0.4 is 5.32 Å². The van der Waals surface area contributed by atoms with Crippen molar-refractivity contribution in [2.24, 2.45) is 0 Å². The molecule has 2 rings (SSSR count). The second kappa shape index (κ2) is 8.35. The maximum atomic E-state index is 12.4. The summed E-state index contributed by atoms with van der Waals surface area (Å²) in [6.07, 6.45) is 0. The van der Waals surface area contributed by atoms with Crippen LogP contribution in [0.25, 0.3) is 0 Å². The standard InChI is InChI=1S/C16H12Cl3N3O4/c1-21(8-14(23)20-15-11(17)3-2-4-12(15)18)16(24)10-6-5-9(22(25)26)7-13(10)19/h2-7H,8H2,1H3,(H,20,23). The smallest absolute Gasteiger partial charge is 0.270 e. The van der Waals surface area contributed by atoms with E-state index in [0.29, 0.717) is 0 Å². The number of rotatable bonds is 5. The molecule has 0 radical (unpaired) electrons. The molecule has 0 atom stereocenters. The Morgan fingerprint density at radius 2 is 1.73 bits per heavy atom. The predicted molar refractivity (Wildman–Crippen MR) is 100 cm³/mol. The first-order valence-electron chi connectivity index (χ1n) is 7.14. The van der Waals surface area contributed by atoms with Gasteiger partial charge in [0.2, 0.25) is 5.91 Å². The molecule has 0 saturated heterocycles. The first-order valence-corrected chi connectivity index (χ1v) is 8.27. The Kier molecular flexibility index (Phi) is 6.42. The van der Waals surface area contributed by atoms with Gasteiger partial charge in [0.1, 0.15) is 0 Å². The highest BCUT2D eigenvalue weighted by atomic mass is 35.5. The Morgan fingerprint density at radius 3 is 2.27 bits per heavy atom. The van der Waals surface area contributed by atoms with E-state index >= 15 is 0 Å². The first-order chi connectivity index (χ1) is 12.2. The summed E-state index contributed by atoms with van der Waals surface area (Å²) in [6.45, 7) is -0.298. The van der Waals surface area contributed by atoms with Crippen molar-refractivity contribution >= 4 is 58.0 Å². The van der Waals surface area contributed by atoms with Gasteiger partial charge < -0.3 is 10.2 Å². The van der Waals surface area contributed by atoms with Crippen molar-refractivity contribution in [2.45, 2.75) is 0 Å². The molecule has 0 aliphatic heterocycles. The van der Waals surface area contributed by atoms with Crippen LogP contribution in [0.15, 0.2) is 36.4 Å². The molecule has 0 fully saturated rings. The van der Waals surface area contributed by atoms with Crippen LogP contribution in [-0.4, -0.2) is 35.2 Å². The van der Waals surface area contributed by atoms with Crippen LogP contribution in [0, 0.1) is 10.1 Å². The van der Waals surface area contributed by atoms with Crippen LogP contribution in [0.2, 0.25) is 15.1 Å². The zero-order valence-electron chi connectivity index (χ0n) is 13.3. The Morgan fingerprint density at radius 1 is 1.12 bits per heavy atom. The lowest BCUT2D eigenvalue weighted by molar-refractivity contribution is -0.384. The third-order valence-electron chi connectivity index (χ3n) is 3.35. The molecule has 26 heavy (non-hydrogen) atoms. The maximum absolute atomic E-state index is 12.4. The molecule has 2 aromatic rings. The van der Waals surface area contributed by atoms with E-state index in [1.807, 2.05) is 0 Å². The van der Waals surface area contributed by atoms with Gasteiger partial charge in [0, 0.05) is 19.2 Å². The maximum Gasteiger partial charge on any atom is 0.270 e. The Bertz CT molecular complexity index is 869. The molecule has 2 amide bonds. The van der Waals surface area contributed by atoms with Crippen molar-refractivity contribution in [2.75, 3.05) is 18.9 Å². The summed E-state index contributed by atoms with van der Waals surface area (Å²) in [7, 11) is 1.40. The summed E-state index contributed by atoms with van der Waals surface area (Å²) < 4.78 is 0. The van der Waals surface area contributed by atoms with Crippen LogP contribution in [0.3, 0.4) is 0 Å². The van der Waals surface area contributed by atoms with Crippen LogP contribution in [0.4, 0.5) is 11.4 Å². The number of carbonyl (C=O) groups excluding carboxylic acids is 2. The van der Waals surface area contributed by atoms with Crippen LogP contribution in [0.1, 0.15) is 10.4 Å². The quantitative estimate of drug-likeness (QED) is 0.582. The van der Waals surface area contributed by atoms with E-state index in [2.05, 4.69) is 5.32 Å². The second-order valence-electron chi connectivity index (χ2n) is 5.23. The Balaban J connectivity index is 2.09. The highest BCUT2D eigenvalue weighted by Crippen LogP contribution is 2.29. The lowest BCUT2D eigenvalue weighted by Gasteiger charge is -2.18. The van der Waals surface area contributed by atoms with Gasteiger partial charge in [0.05, 0.1) is 37.8 Å². The average molecular weight is 417 g/mol. The number of nitro groups is 1. The average Bonchev–Trinajstić information content (AvgIpc) is 2.57. The molecule has 0 aliphatic rings. The molecule has 0 aliphatic carbocycles. The number of amides is 2. The van der Waals surface area contributed by atoms with E-state index in [-0.39, 0.29) is 38.6 Å². The van der Waals surface area contributed by atoms with Crippen molar-refractivity contribution in [1.82, 2.24) is 4.90 Å². The van der Waals surface area contributed by atoms with Gasteiger partial charge in [-0.3, -0.25) is 19.7 Å². The molecular formula is C16H12Cl3N3O4. The minimum absolute atomic E-state index is 0.0448. The van der Waals surface area contributed by atoms with E-state index in [9.17, 15) is 19.7 Å². The minimum Gasteiger partial charge on any atom is -0.332 e. The van der Waals surface area contributed by atoms with E-state index in [4.69, 9.17) is 34.8 Å². The van der Waals surface area contributed by atoms with Gasteiger partial charge in [-0.05, 0) is 18.2 Å². The zero-order chi connectivity index (χ0) is 19.4. The fraction of sp³-hybridized carbons (Fsp3) is 0.125. The lowest BCUT2D eigenvalue weighted by atomic mass is 10.2. The summed E-state index contributed by atoms with van der Waals surface area (Å²) in [4.78, 5) is 35.8. The molecule has 0 bridgehead atoms. The van der Waals surface area contributed by atoms with E-state index < -0.39 is 16.7 Å². The van der Waals surface area contributed by atoms with Gasteiger partial charge in [0.15, 0.2) is 0 Å². The highest BCUT2D eigenvalue weighted by molar-refractivity contribution is 6.39. The summed E-state index contributed by atoms with van der Waals surface area (Å²) in [5.41, 5.74) is 0.0544. The molecule has 0 aromatic heterocycles. The van der Waals surface area contributed by atoms with Gasteiger partial charge in [-0.1, -0.05) is 40.9 Å². The van der Waals surface area contributed by atoms with Crippen LogP contribution in [-0.2, 0) is 4.79 Å². The number of halogens is 3. The summed E-state index contributed by atoms with van der Waals surface area (Å²) in [5, 5.41) is 13.7. The largest absolute Gasteiger partial charge is 0.332 e. The third-order valence-corrected chi connectivity index (χ3v) is 4.29. The van der Waals surface area contributed by atoms with Crippen LogP contribution in [0.5, 0.6) is 0 Å². The number of nitrogens with zero attached hydrogens (tertiary/aromatic N) is 2. The van der Waals surface area contributed by atoms with Crippen molar-refractivity contribution in [3.05, 3.63) is 67.1 Å². The van der Waals surface area contributed by atoms with E-state index in [1.165, 1.54) is 13.1 Å². The fourth-order valence-electron chi connectivity index (χ4n) is 2.08. The number of likely N-dealkylation sites (N-methyl/N-ethyl adjacent to an activating group) is 1. The number of benzene rings is 2. The van der Waals surface area contributed by atoms with Gasteiger partial charge in [-0.15, -0.1) is 0 Å². The zero-order valence-corrected chi connectivity index (χ0v) is 15.6. The summed E-state index contributed by atoms with van der Waals surface area (Å²) in [6, 6.07) is 8.24. The Labute approximate surface area is 163 Å². The summed E-state index contributed by atoms with van der Waals surface area (Å²) >= 11 is 17.9. The fourth-order valence-corrected chi connectivity index (χ4v) is 2.83. The molecule has 0 saturated carbocycles. The molecule has 1 N–H and O–H groups in total. The molecular weight excluding hydrogens is 405 g/mol. The highest BCUT2D eigenvalue weighted by Gasteiger charge is 2.20. The normalized spacial score (nSPS) is 10.3. The number of nitro benzene ring substituents is 1. The van der Waals surface area contributed by atoms with Crippen LogP contribution >= 0.6 is 34.8 Å². The molecule has 7 nitrogen and oxygen atoms in total. The van der Waals surface area contributed by atoms with Gasteiger partial charge >= 0.3 is 0 Å². The molecule has 0 unspecified atom stereocenters. The van der Waals surface area contributed by atoms with Crippen molar-refractivity contribution in [1.29, 1.82) is 0 Å².